The van der Waals surface area contributed by atoms with E-state index in [1.807, 2.05) is 24.3 Å². The maximum atomic E-state index is 12.4. The maximum Gasteiger partial charge on any atom is 0.573 e. The molecule has 1 unspecified atom stereocenters. The number of thioether (sulfide) groups is 1. The molecule has 3 aromatic carbocycles. The number of para-hydroxylation sites is 1. The Kier molecular flexibility index (Phi) is 8.44. The Hall–Kier alpha value is -4.12. The van der Waals surface area contributed by atoms with Crippen LogP contribution in [0.5, 0.6) is 5.75 Å². The van der Waals surface area contributed by atoms with Crippen molar-refractivity contribution in [1.29, 1.82) is 0 Å². The molecule has 1 fully saturated rings. The first-order valence-corrected chi connectivity index (χ1v) is 14.2. The highest BCUT2D eigenvalue weighted by Gasteiger charge is 2.31. The first-order valence-electron chi connectivity index (χ1n) is 13.2. The number of aryl methyl sites for hydroxylation is 2. The van der Waals surface area contributed by atoms with Crippen LogP contribution in [0.3, 0.4) is 0 Å². The van der Waals surface area contributed by atoms with E-state index in [-0.39, 0.29) is 5.75 Å². The molecule has 1 aromatic heterocycles. The molecular formula is C30H29F3N6OS. The molecular weight excluding hydrogens is 549 g/mol. The van der Waals surface area contributed by atoms with Crippen molar-refractivity contribution in [2.24, 2.45) is 10.2 Å². The van der Waals surface area contributed by atoms with Crippen molar-refractivity contribution in [3.63, 3.8) is 0 Å². The predicted molar refractivity (Wildman–Crippen MR) is 158 cm³/mol. The highest BCUT2D eigenvalue weighted by molar-refractivity contribution is 8.14. The summed E-state index contributed by atoms with van der Waals surface area (Å²) in [6, 6.07) is 19.8. The molecule has 0 saturated carbocycles. The monoisotopic (exact) mass is 578 g/mol. The quantitative estimate of drug-likeness (QED) is 0.169. The van der Waals surface area contributed by atoms with Gasteiger partial charge in [-0.25, -0.2) is 9.67 Å². The van der Waals surface area contributed by atoms with Crippen LogP contribution >= 0.6 is 11.8 Å². The molecule has 2 heterocycles. The largest absolute Gasteiger partial charge is 0.573 e. The number of aromatic nitrogens is 3. The zero-order chi connectivity index (χ0) is 29.0. The minimum absolute atomic E-state index is 0.297. The minimum atomic E-state index is -4.74. The molecule has 0 spiro atoms. The number of rotatable bonds is 7. The van der Waals surface area contributed by atoms with Gasteiger partial charge in [0.2, 0.25) is 0 Å². The van der Waals surface area contributed by atoms with Gasteiger partial charge in [-0.05, 0) is 67.6 Å². The second kappa shape index (κ2) is 12.2. The van der Waals surface area contributed by atoms with Crippen molar-refractivity contribution in [2.75, 3.05) is 10.7 Å². The standard InChI is InChI=1S/C30H29F3N6OS/c1-4-23-7-5-6-20(2)27(23)39-21(3)16-17-41-29(39)36-35-18-22-8-10-24(11-9-22)28-34-19-38(37-28)25-12-14-26(15-13-25)40-30(31,32)33/h5-15,18-19,21H,4,16-17H2,1-3H3. The Morgan fingerprint density at radius 3 is 2.54 bits per heavy atom. The van der Waals surface area contributed by atoms with Crippen LogP contribution in [0.25, 0.3) is 17.1 Å². The normalized spacial score (nSPS) is 17.0. The van der Waals surface area contributed by atoms with Crippen LogP contribution in [0.15, 0.2) is 83.3 Å². The summed E-state index contributed by atoms with van der Waals surface area (Å²) in [6.07, 6.45) is 0.523. The number of hydrogen-bond acceptors (Lipinski definition) is 6. The number of amidine groups is 1. The second-order valence-electron chi connectivity index (χ2n) is 9.60. The number of hydrogen-bond donors (Lipinski definition) is 0. The van der Waals surface area contributed by atoms with Gasteiger partial charge in [0.05, 0.1) is 11.9 Å². The van der Waals surface area contributed by atoms with Crippen molar-refractivity contribution >= 4 is 28.8 Å². The lowest BCUT2D eigenvalue weighted by Gasteiger charge is -2.37. The van der Waals surface area contributed by atoms with E-state index in [0.29, 0.717) is 17.6 Å². The molecule has 1 saturated heterocycles. The summed E-state index contributed by atoms with van der Waals surface area (Å²) in [5, 5.41) is 14.4. The first kappa shape index (κ1) is 28.4. The van der Waals surface area contributed by atoms with Gasteiger partial charge in [-0.15, -0.1) is 23.4 Å². The fraction of sp³-hybridized carbons (Fsp3) is 0.267. The fourth-order valence-electron chi connectivity index (χ4n) is 4.63. The smallest absolute Gasteiger partial charge is 0.406 e. The lowest BCUT2D eigenvalue weighted by Crippen LogP contribution is -2.42. The van der Waals surface area contributed by atoms with Gasteiger partial charge >= 0.3 is 6.36 Å². The summed E-state index contributed by atoms with van der Waals surface area (Å²) in [5.41, 5.74) is 5.99. The van der Waals surface area contributed by atoms with E-state index < -0.39 is 6.36 Å². The molecule has 1 atom stereocenters. The number of nitrogens with zero attached hydrogens (tertiary/aromatic N) is 6. The van der Waals surface area contributed by atoms with Crippen molar-refractivity contribution in [3.8, 4) is 22.8 Å². The van der Waals surface area contributed by atoms with E-state index in [1.165, 1.54) is 52.1 Å². The first-order chi connectivity index (χ1) is 19.7. The van der Waals surface area contributed by atoms with Gasteiger partial charge in [0.1, 0.15) is 12.1 Å². The van der Waals surface area contributed by atoms with Gasteiger partial charge < -0.3 is 9.64 Å². The molecule has 11 heteroatoms. The molecule has 1 aliphatic rings. The second-order valence-corrected chi connectivity index (χ2v) is 10.7. The van der Waals surface area contributed by atoms with Gasteiger partial charge in [0.25, 0.3) is 0 Å². The van der Waals surface area contributed by atoms with Crippen molar-refractivity contribution in [1.82, 2.24) is 14.8 Å². The molecule has 0 N–H and O–H groups in total. The van der Waals surface area contributed by atoms with E-state index in [4.69, 9.17) is 0 Å². The number of anilines is 1. The summed E-state index contributed by atoms with van der Waals surface area (Å²) in [6.45, 7) is 6.55. The van der Waals surface area contributed by atoms with Crippen molar-refractivity contribution < 1.29 is 17.9 Å². The molecule has 0 bridgehead atoms. The highest BCUT2D eigenvalue weighted by atomic mass is 32.2. The molecule has 5 rings (SSSR count). The zero-order valence-corrected chi connectivity index (χ0v) is 23.7. The number of alkyl halides is 3. The molecule has 0 radical (unpaired) electrons. The lowest BCUT2D eigenvalue weighted by molar-refractivity contribution is -0.274. The summed E-state index contributed by atoms with van der Waals surface area (Å²) in [7, 11) is 0. The number of halogens is 3. The van der Waals surface area contributed by atoms with Crippen LogP contribution in [0.4, 0.5) is 18.9 Å². The van der Waals surface area contributed by atoms with Crippen LogP contribution < -0.4 is 9.64 Å². The predicted octanol–water partition coefficient (Wildman–Crippen LogP) is 7.43. The van der Waals surface area contributed by atoms with E-state index in [1.54, 1.807) is 18.0 Å². The highest BCUT2D eigenvalue weighted by Crippen LogP contribution is 2.34. The van der Waals surface area contributed by atoms with Gasteiger partial charge in [-0.2, -0.15) is 5.10 Å². The number of ether oxygens (including phenoxy) is 1. The van der Waals surface area contributed by atoms with Gasteiger partial charge in [0, 0.05) is 23.0 Å². The average molecular weight is 579 g/mol. The molecule has 0 amide bonds. The van der Waals surface area contributed by atoms with Gasteiger partial charge in [0.15, 0.2) is 11.0 Å². The van der Waals surface area contributed by atoms with Crippen LogP contribution in [-0.2, 0) is 6.42 Å². The van der Waals surface area contributed by atoms with E-state index in [2.05, 4.69) is 68.9 Å². The molecule has 4 aromatic rings. The Bertz CT molecular complexity index is 1550. The van der Waals surface area contributed by atoms with E-state index in [9.17, 15) is 13.2 Å². The van der Waals surface area contributed by atoms with Gasteiger partial charge in [-0.1, -0.05) is 61.2 Å². The minimum Gasteiger partial charge on any atom is -0.406 e. The third-order valence-corrected chi connectivity index (χ3v) is 7.68. The van der Waals surface area contributed by atoms with Crippen LogP contribution in [0, 0.1) is 6.92 Å². The van der Waals surface area contributed by atoms with Crippen LogP contribution in [0.1, 0.15) is 37.0 Å². The Morgan fingerprint density at radius 1 is 1.07 bits per heavy atom. The zero-order valence-electron chi connectivity index (χ0n) is 22.8. The van der Waals surface area contributed by atoms with E-state index in [0.717, 1.165) is 34.9 Å². The van der Waals surface area contributed by atoms with Crippen LogP contribution in [-0.4, -0.2) is 44.3 Å². The Balaban J connectivity index is 1.29. The molecule has 41 heavy (non-hydrogen) atoms. The van der Waals surface area contributed by atoms with Crippen LogP contribution in [0.2, 0.25) is 0 Å². The third kappa shape index (κ3) is 6.79. The summed E-state index contributed by atoms with van der Waals surface area (Å²) in [5.74, 6) is 1.19. The van der Waals surface area contributed by atoms with Gasteiger partial charge in [-0.3, -0.25) is 0 Å². The van der Waals surface area contributed by atoms with Crippen molar-refractivity contribution in [2.45, 2.75) is 46.0 Å². The maximum absolute atomic E-state index is 12.4. The number of benzene rings is 3. The third-order valence-electron chi connectivity index (χ3n) is 6.70. The summed E-state index contributed by atoms with van der Waals surface area (Å²) < 4.78 is 42.6. The lowest BCUT2D eigenvalue weighted by atomic mass is 10.0. The fourth-order valence-corrected chi connectivity index (χ4v) is 5.79. The Labute approximate surface area is 240 Å². The Morgan fingerprint density at radius 2 is 1.83 bits per heavy atom. The topological polar surface area (TPSA) is 67.9 Å². The molecule has 7 nitrogen and oxygen atoms in total. The molecule has 1 aliphatic heterocycles. The molecule has 212 valence electrons. The summed E-state index contributed by atoms with van der Waals surface area (Å²) >= 11 is 1.72. The van der Waals surface area contributed by atoms with Crippen molar-refractivity contribution in [3.05, 3.63) is 89.7 Å². The average Bonchev–Trinajstić information content (AvgIpc) is 3.44. The molecule has 0 aliphatic carbocycles. The van der Waals surface area contributed by atoms with E-state index >= 15 is 0 Å². The summed E-state index contributed by atoms with van der Waals surface area (Å²) in [4.78, 5) is 6.66. The SMILES string of the molecule is CCc1cccc(C)c1N1C(=NN=Cc2ccc(-c3ncn(-c4ccc(OC(F)(F)F)cc4)n3)cc2)SCCC1C.